The summed E-state index contributed by atoms with van der Waals surface area (Å²) in [6.07, 6.45) is -0.239. The van der Waals surface area contributed by atoms with E-state index in [0.29, 0.717) is 30.4 Å². The quantitative estimate of drug-likeness (QED) is 0.278. The first kappa shape index (κ1) is 32.0. The third-order valence-electron chi connectivity index (χ3n) is 7.20. The van der Waals surface area contributed by atoms with Crippen molar-refractivity contribution in [1.82, 2.24) is 15.5 Å². The van der Waals surface area contributed by atoms with Gasteiger partial charge in [-0.25, -0.2) is 4.79 Å². The van der Waals surface area contributed by atoms with Crippen molar-refractivity contribution in [1.29, 1.82) is 0 Å². The van der Waals surface area contributed by atoms with Crippen LogP contribution in [0.3, 0.4) is 0 Å². The number of fused-ring (bicyclic) bond motifs is 1. The van der Waals surface area contributed by atoms with Crippen molar-refractivity contribution in [2.45, 2.75) is 65.9 Å². The molecule has 1 atom stereocenters. The molecule has 230 valence electrons. The molecular weight excluding hydrogens is 562 g/mol. The molecule has 0 saturated heterocycles. The van der Waals surface area contributed by atoms with Gasteiger partial charge in [-0.2, -0.15) is 0 Å². The van der Waals surface area contributed by atoms with E-state index in [9.17, 15) is 14.4 Å². The molecule has 2 aliphatic rings. The third-order valence-corrected chi connectivity index (χ3v) is 8.90. The molecule has 11 heteroatoms. The zero-order chi connectivity index (χ0) is 31.2. The molecule has 2 aromatic carbocycles. The molecule has 0 fully saturated rings. The van der Waals surface area contributed by atoms with Crippen LogP contribution in [-0.4, -0.2) is 63.0 Å². The van der Waals surface area contributed by atoms with E-state index in [4.69, 9.17) is 9.47 Å². The van der Waals surface area contributed by atoms with Crippen LogP contribution in [0.25, 0.3) is 0 Å². The highest BCUT2D eigenvalue weighted by molar-refractivity contribution is 6.76. The van der Waals surface area contributed by atoms with Crippen molar-refractivity contribution in [3.05, 3.63) is 77.2 Å². The number of amides is 2. The minimum atomic E-state index is -1.37. The van der Waals surface area contributed by atoms with Gasteiger partial charge in [-0.3, -0.25) is 24.8 Å². The van der Waals surface area contributed by atoms with Crippen LogP contribution in [0.4, 0.5) is 10.5 Å². The normalized spacial score (nSPS) is 17.0. The Morgan fingerprint density at radius 1 is 1.05 bits per heavy atom. The van der Waals surface area contributed by atoms with Crippen LogP contribution in [0.1, 0.15) is 31.9 Å². The van der Waals surface area contributed by atoms with Gasteiger partial charge in [-0.15, -0.1) is 0 Å². The maximum absolute atomic E-state index is 13.5. The lowest BCUT2D eigenvalue weighted by atomic mass is 9.90. The summed E-state index contributed by atoms with van der Waals surface area (Å²) in [7, 11) is -1.37. The second kappa shape index (κ2) is 13.6. The van der Waals surface area contributed by atoms with Crippen LogP contribution in [0.15, 0.2) is 71.1 Å². The summed E-state index contributed by atoms with van der Waals surface area (Å²) in [5, 5.41) is 6.18. The number of alkyl carbamates (subject to hydrolysis) is 1. The highest BCUT2D eigenvalue weighted by Crippen LogP contribution is 2.32. The fourth-order valence-electron chi connectivity index (χ4n) is 4.54. The standard InChI is InChI=1S/C32H43N5O5Si/c1-32(2,3)27(38)20-36-26(22-41-16-17-43(4,5)6)29(37-25-15-11-10-14-24(25)18-33-19-28(37)39)34-30(36)35-31(40)42-21-23-12-8-7-9-13-23/h7-15,19,30,34H,16-18,20-22H2,1-6H3,(H,35,40). The Morgan fingerprint density at radius 2 is 1.74 bits per heavy atom. The molecular formula is C32H43N5O5Si. The molecule has 0 bridgehead atoms. The Labute approximate surface area is 255 Å². The van der Waals surface area contributed by atoms with E-state index < -0.39 is 25.9 Å². The lowest BCUT2D eigenvalue weighted by molar-refractivity contribution is -0.127. The molecule has 0 aromatic heterocycles. The fraction of sp³-hybridized carbons (Fsp3) is 0.438. The highest BCUT2D eigenvalue weighted by Gasteiger charge is 2.40. The molecule has 0 saturated carbocycles. The molecule has 4 rings (SSSR count). The number of para-hydroxylation sites is 1. The van der Waals surface area contributed by atoms with Gasteiger partial charge in [0.1, 0.15) is 12.4 Å². The summed E-state index contributed by atoms with van der Waals surface area (Å²) in [4.78, 5) is 47.6. The minimum Gasteiger partial charge on any atom is -0.445 e. The van der Waals surface area contributed by atoms with Gasteiger partial charge < -0.3 is 19.7 Å². The van der Waals surface area contributed by atoms with Gasteiger partial charge >= 0.3 is 6.09 Å². The molecule has 1 unspecified atom stereocenters. The van der Waals surface area contributed by atoms with Crippen LogP contribution in [0.2, 0.25) is 25.7 Å². The van der Waals surface area contributed by atoms with Gasteiger partial charge in [0, 0.05) is 20.1 Å². The molecule has 2 heterocycles. The van der Waals surface area contributed by atoms with Gasteiger partial charge in [0.25, 0.3) is 5.91 Å². The zero-order valence-electron chi connectivity index (χ0n) is 26.0. The lowest BCUT2D eigenvalue weighted by Crippen LogP contribution is -2.54. The number of benzene rings is 2. The van der Waals surface area contributed by atoms with Crippen LogP contribution in [0.5, 0.6) is 0 Å². The smallest absolute Gasteiger partial charge is 0.410 e. The van der Waals surface area contributed by atoms with Crippen molar-refractivity contribution in [2.24, 2.45) is 10.4 Å². The molecule has 0 spiro atoms. The zero-order valence-corrected chi connectivity index (χ0v) is 27.0. The summed E-state index contributed by atoms with van der Waals surface area (Å²) < 4.78 is 11.7. The number of ether oxygens (including phenoxy) is 2. The van der Waals surface area contributed by atoms with E-state index in [1.807, 2.05) is 75.4 Å². The Morgan fingerprint density at radius 3 is 2.44 bits per heavy atom. The fourth-order valence-corrected chi connectivity index (χ4v) is 5.29. The second-order valence-electron chi connectivity index (χ2n) is 13.0. The van der Waals surface area contributed by atoms with Crippen molar-refractivity contribution in [3.63, 3.8) is 0 Å². The Kier molecular flexibility index (Phi) is 10.1. The van der Waals surface area contributed by atoms with Crippen LogP contribution in [0, 0.1) is 5.41 Å². The number of ketones is 1. The Bertz CT molecular complexity index is 1380. The van der Waals surface area contributed by atoms with Gasteiger partial charge in [0.2, 0.25) is 0 Å². The molecule has 2 aromatic rings. The highest BCUT2D eigenvalue weighted by atomic mass is 28.3. The van der Waals surface area contributed by atoms with Crippen molar-refractivity contribution in [2.75, 3.05) is 24.7 Å². The predicted octanol–water partition coefficient (Wildman–Crippen LogP) is 4.86. The van der Waals surface area contributed by atoms with Crippen molar-refractivity contribution < 1.29 is 23.9 Å². The first-order valence-corrected chi connectivity index (χ1v) is 18.3. The molecule has 2 N–H and O–H groups in total. The summed E-state index contributed by atoms with van der Waals surface area (Å²) >= 11 is 0. The Balaban J connectivity index is 1.69. The molecule has 0 aliphatic carbocycles. The number of aliphatic imine (C=N–C) groups is 1. The van der Waals surface area contributed by atoms with Gasteiger partial charge in [0.15, 0.2) is 12.1 Å². The first-order chi connectivity index (χ1) is 20.3. The largest absolute Gasteiger partial charge is 0.445 e. The van der Waals surface area contributed by atoms with Crippen LogP contribution in [-0.2, 0) is 32.2 Å². The molecule has 0 radical (unpaired) electrons. The summed E-state index contributed by atoms with van der Waals surface area (Å²) in [6, 6.07) is 17.9. The number of nitrogens with one attached hydrogen (secondary N) is 2. The van der Waals surface area contributed by atoms with E-state index in [1.165, 1.54) is 6.21 Å². The average Bonchev–Trinajstić information content (AvgIpc) is 3.15. The summed E-state index contributed by atoms with van der Waals surface area (Å²) in [5.74, 6) is 0.0408. The number of Topliss-reactive ketones (excluding diaryl/α,β-unsaturated/α-hetero) is 1. The number of nitrogens with zero attached hydrogens (tertiary/aromatic N) is 3. The molecule has 43 heavy (non-hydrogen) atoms. The van der Waals surface area contributed by atoms with Gasteiger partial charge in [-0.1, -0.05) is 88.9 Å². The number of hydrogen-bond donors (Lipinski definition) is 2. The number of carbonyl (C=O) groups excluding carboxylic acids is 3. The van der Waals surface area contributed by atoms with E-state index in [-0.39, 0.29) is 31.4 Å². The SMILES string of the molecule is CC(C)(C)C(=O)CN1C(COCC[Si](C)(C)C)=C(N2C(=O)C=NCc3ccccc32)NC1NC(=O)OCc1ccccc1. The maximum atomic E-state index is 13.5. The number of hydrogen-bond acceptors (Lipinski definition) is 8. The monoisotopic (exact) mass is 605 g/mol. The first-order valence-electron chi connectivity index (χ1n) is 14.6. The third kappa shape index (κ3) is 8.54. The number of rotatable bonds is 11. The molecule has 2 aliphatic heterocycles. The van der Waals surface area contributed by atoms with Crippen molar-refractivity contribution in [3.8, 4) is 0 Å². The number of anilines is 1. The molecule has 10 nitrogen and oxygen atoms in total. The van der Waals surface area contributed by atoms with E-state index in [1.54, 1.807) is 9.80 Å². The van der Waals surface area contributed by atoms with Gasteiger partial charge in [-0.05, 0) is 23.2 Å². The maximum Gasteiger partial charge on any atom is 0.410 e. The van der Waals surface area contributed by atoms with E-state index >= 15 is 0 Å². The number of carbonyl (C=O) groups is 3. The Hall–Kier alpha value is -3.96. The van der Waals surface area contributed by atoms with Gasteiger partial charge in [0.05, 0.1) is 37.3 Å². The average molecular weight is 606 g/mol. The van der Waals surface area contributed by atoms with Crippen LogP contribution < -0.4 is 15.5 Å². The second-order valence-corrected chi connectivity index (χ2v) is 18.6. The topological polar surface area (TPSA) is 113 Å². The molecule has 2 amide bonds. The predicted molar refractivity (Wildman–Crippen MR) is 170 cm³/mol. The van der Waals surface area contributed by atoms with Crippen molar-refractivity contribution >= 4 is 37.8 Å². The van der Waals surface area contributed by atoms with Crippen LogP contribution >= 0.6 is 0 Å². The summed E-state index contributed by atoms with van der Waals surface area (Å²) in [6.45, 7) is 13.5. The van der Waals surface area contributed by atoms with E-state index in [2.05, 4.69) is 35.3 Å². The lowest BCUT2D eigenvalue weighted by Gasteiger charge is -2.30. The minimum absolute atomic E-state index is 0.0197. The summed E-state index contributed by atoms with van der Waals surface area (Å²) in [5.41, 5.74) is 2.33. The van der Waals surface area contributed by atoms with E-state index in [0.717, 1.165) is 17.2 Å².